The number of nitrogens with two attached hydrogens (primary N) is 1. The van der Waals surface area contributed by atoms with E-state index >= 15 is 0 Å². The van der Waals surface area contributed by atoms with Crippen molar-refractivity contribution in [1.82, 2.24) is 9.38 Å². The van der Waals surface area contributed by atoms with Crippen LogP contribution in [0.4, 0.5) is 5.82 Å². The predicted octanol–water partition coefficient (Wildman–Crippen LogP) is 2.95. The highest BCUT2D eigenvalue weighted by Crippen LogP contribution is 2.27. The fourth-order valence-electron chi connectivity index (χ4n) is 3.55. The number of hydrogen-bond donors (Lipinski definition) is 1. The van der Waals surface area contributed by atoms with Crippen molar-refractivity contribution in [2.45, 2.75) is 16.3 Å². The van der Waals surface area contributed by atoms with Gasteiger partial charge in [-0.1, -0.05) is 27.0 Å². The van der Waals surface area contributed by atoms with Gasteiger partial charge in [0.1, 0.15) is 22.6 Å². The van der Waals surface area contributed by atoms with Crippen molar-refractivity contribution in [2.24, 2.45) is 0 Å². The summed E-state index contributed by atoms with van der Waals surface area (Å²) >= 11 is 3.31. The molecule has 0 bridgehead atoms. The van der Waals surface area contributed by atoms with Gasteiger partial charge in [0, 0.05) is 10.7 Å². The first-order valence-electron chi connectivity index (χ1n) is 9.53. The quantitative estimate of drug-likeness (QED) is 0.293. The number of fused-ring (bicyclic) bond motifs is 2. The maximum Gasteiger partial charge on any atom is 0.278 e. The number of aromatic nitrogens is 3. The van der Waals surface area contributed by atoms with Gasteiger partial charge in [-0.25, -0.2) is 13.0 Å². The van der Waals surface area contributed by atoms with Crippen molar-refractivity contribution < 1.29 is 17.4 Å². The maximum absolute atomic E-state index is 13.5. The van der Waals surface area contributed by atoms with Crippen LogP contribution >= 0.6 is 15.9 Å². The van der Waals surface area contributed by atoms with Gasteiger partial charge < -0.3 is 10.2 Å². The zero-order valence-electron chi connectivity index (χ0n) is 16.5. The van der Waals surface area contributed by atoms with E-state index in [0.717, 1.165) is 4.47 Å². The second-order valence-electron chi connectivity index (χ2n) is 7.10. The fraction of sp³-hybridized carbons (Fsp3) is 0.0455. The SMILES string of the molecule is Nc1c(S(=O)(=O)c2ccc(Br)cc2)cc2c(=O)n3ccccc3nc2[n+]1Cc1ccco1. The molecule has 8 nitrogen and oxygen atoms in total. The molecule has 0 amide bonds. The Bertz CT molecular complexity index is 1640. The summed E-state index contributed by atoms with van der Waals surface area (Å²) in [5, 5.41) is 0.130. The summed E-state index contributed by atoms with van der Waals surface area (Å²) in [7, 11) is -4.02. The minimum Gasteiger partial charge on any atom is -0.466 e. The van der Waals surface area contributed by atoms with E-state index in [1.807, 2.05) is 0 Å². The summed E-state index contributed by atoms with van der Waals surface area (Å²) in [6.07, 6.45) is 3.09. The summed E-state index contributed by atoms with van der Waals surface area (Å²) in [5.41, 5.74) is 6.69. The highest BCUT2D eigenvalue weighted by atomic mass is 79.9. The minimum atomic E-state index is -4.02. The van der Waals surface area contributed by atoms with E-state index < -0.39 is 15.4 Å². The molecule has 10 heteroatoms. The molecule has 4 heterocycles. The number of nitrogen functional groups attached to an aromatic ring is 1. The van der Waals surface area contributed by atoms with Gasteiger partial charge in [0.25, 0.3) is 11.2 Å². The summed E-state index contributed by atoms with van der Waals surface area (Å²) < 4.78 is 36.0. The number of furan rings is 1. The van der Waals surface area contributed by atoms with Crippen LogP contribution in [0.5, 0.6) is 0 Å². The first-order chi connectivity index (χ1) is 15.4. The molecule has 0 fully saturated rings. The predicted molar refractivity (Wildman–Crippen MR) is 121 cm³/mol. The average molecular weight is 512 g/mol. The van der Waals surface area contributed by atoms with Crippen LogP contribution in [0.15, 0.2) is 96.6 Å². The van der Waals surface area contributed by atoms with Crippen molar-refractivity contribution in [3.05, 3.63) is 93.7 Å². The fourth-order valence-corrected chi connectivity index (χ4v) is 5.22. The summed E-state index contributed by atoms with van der Waals surface area (Å²) in [6.45, 7) is 0.106. The van der Waals surface area contributed by atoms with E-state index in [-0.39, 0.29) is 33.2 Å². The third-order valence-electron chi connectivity index (χ3n) is 5.13. The Labute approximate surface area is 190 Å². The van der Waals surface area contributed by atoms with E-state index in [9.17, 15) is 13.2 Å². The van der Waals surface area contributed by atoms with Crippen LogP contribution < -0.4 is 15.9 Å². The lowest BCUT2D eigenvalue weighted by atomic mass is 10.3. The summed E-state index contributed by atoms with van der Waals surface area (Å²) in [6, 6.07) is 16.1. The van der Waals surface area contributed by atoms with Crippen LogP contribution in [0.1, 0.15) is 5.76 Å². The molecule has 0 saturated heterocycles. The van der Waals surface area contributed by atoms with Gasteiger partial charge in [-0.05, 0) is 54.6 Å². The Kier molecular flexibility index (Phi) is 4.83. The van der Waals surface area contributed by atoms with Gasteiger partial charge in [-0.15, -0.1) is 0 Å². The lowest BCUT2D eigenvalue weighted by molar-refractivity contribution is -0.653. The maximum atomic E-state index is 13.5. The molecular formula is C22H16BrN4O4S+. The molecule has 0 aliphatic carbocycles. The number of nitrogens with zero attached hydrogens (tertiary/aromatic N) is 3. The highest BCUT2D eigenvalue weighted by molar-refractivity contribution is 9.10. The normalized spacial score (nSPS) is 11.9. The van der Waals surface area contributed by atoms with Crippen LogP contribution in [0, 0.1) is 0 Å². The monoisotopic (exact) mass is 511 g/mol. The summed E-state index contributed by atoms with van der Waals surface area (Å²) in [4.78, 5) is 17.7. The van der Waals surface area contributed by atoms with Crippen LogP contribution in [0.25, 0.3) is 16.7 Å². The topological polar surface area (TPSA) is 112 Å². The van der Waals surface area contributed by atoms with Crippen LogP contribution in [0.3, 0.4) is 0 Å². The molecule has 32 heavy (non-hydrogen) atoms. The van der Waals surface area contributed by atoms with E-state index in [1.165, 1.54) is 33.4 Å². The molecule has 0 aliphatic heterocycles. The molecule has 0 unspecified atom stereocenters. The molecule has 0 spiro atoms. The number of hydrogen-bond acceptors (Lipinski definition) is 6. The van der Waals surface area contributed by atoms with Gasteiger partial charge in [0.2, 0.25) is 21.3 Å². The van der Waals surface area contributed by atoms with Crippen LogP contribution in [-0.2, 0) is 16.4 Å². The second kappa shape index (κ2) is 7.57. The largest absolute Gasteiger partial charge is 0.466 e. The average Bonchev–Trinajstić information content (AvgIpc) is 3.29. The Balaban J connectivity index is 1.87. The molecule has 5 aromatic rings. The molecule has 2 N–H and O–H groups in total. The molecule has 0 radical (unpaired) electrons. The van der Waals surface area contributed by atoms with Crippen LogP contribution in [-0.4, -0.2) is 17.8 Å². The Morgan fingerprint density at radius 3 is 2.59 bits per heavy atom. The highest BCUT2D eigenvalue weighted by Gasteiger charge is 2.29. The third-order valence-corrected chi connectivity index (χ3v) is 7.46. The number of halogens is 1. The molecule has 1 aromatic carbocycles. The molecule has 4 aromatic heterocycles. The van der Waals surface area contributed by atoms with E-state index in [4.69, 9.17) is 10.2 Å². The second-order valence-corrected chi connectivity index (χ2v) is 9.93. The smallest absolute Gasteiger partial charge is 0.278 e. The Hall–Kier alpha value is -3.50. The van der Waals surface area contributed by atoms with Crippen molar-refractivity contribution in [3.63, 3.8) is 0 Å². The van der Waals surface area contributed by atoms with Gasteiger partial charge in [-0.3, -0.25) is 9.20 Å². The molecule has 0 atom stereocenters. The number of benzene rings is 1. The first-order valence-corrected chi connectivity index (χ1v) is 11.8. The Morgan fingerprint density at radius 2 is 1.88 bits per heavy atom. The number of anilines is 1. The number of sulfone groups is 1. The van der Waals surface area contributed by atoms with Crippen molar-refractivity contribution in [3.8, 4) is 0 Å². The zero-order chi connectivity index (χ0) is 22.5. The minimum absolute atomic E-state index is 0.0380. The van der Waals surface area contributed by atoms with Crippen molar-refractivity contribution in [2.75, 3.05) is 5.73 Å². The van der Waals surface area contributed by atoms with Gasteiger partial charge >= 0.3 is 0 Å². The van der Waals surface area contributed by atoms with Crippen molar-refractivity contribution >= 4 is 48.3 Å². The zero-order valence-corrected chi connectivity index (χ0v) is 18.9. The van der Waals surface area contributed by atoms with E-state index in [1.54, 1.807) is 48.7 Å². The molecule has 0 saturated carbocycles. The molecular weight excluding hydrogens is 496 g/mol. The molecule has 0 aliphatic rings. The van der Waals surface area contributed by atoms with E-state index in [2.05, 4.69) is 20.9 Å². The standard InChI is InChI=1S/C22H15BrN4O4S/c23-14-6-8-16(9-7-14)32(29,30)18-12-17-21(25-19-5-1-2-10-26(19)22(17)28)27(20(18)24)13-15-4-3-11-31-15/h1-12,24H,13H2/p+1. The lowest BCUT2D eigenvalue weighted by Gasteiger charge is -2.12. The van der Waals surface area contributed by atoms with Gasteiger partial charge in [0.05, 0.1) is 11.2 Å². The first kappa shape index (κ1) is 20.4. The van der Waals surface area contributed by atoms with Crippen molar-refractivity contribution in [1.29, 1.82) is 0 Å². The number of pyridine rings is 2. The summed E-state index contributed by atoms with van der Waals surface area (Å²) in [5.74, 6) is 0.500. The lowest BCUT2D eigenvalue weighted by Crippen LogP contribution is -2.42. The van der Waals surface area contributed by atoms with Crippen LogP contribution in [0.2, 0.25) is 0 Å². The third kappa shape index (κ3) is 3.28. The van der Waals surface area contributed by atoms with Gasteiger partial charge in [0.15, 0.2) is 0 Å². The molecule has 160 valence electrons. The molecule has 5 rings (SSSR count). The van der Waals surface area contributed by atoms with E-state index in [0.29, 0.717) is 11.4 Å². The van der Waals surface area contributed by atoms with Gasteiger partial charge in [-0.2, -0.15) is 0 Å². The Morgan fingerprint density at radius 1 is 1.09 bits per heavy atom. The number of rotatable bonds is 4.